The molecule has 17 heavy (non-hydrogen) atoms. The third-order valence-corrected chi connectivity index (χ3v) is 2.46. The molecule has 0 fully saturated rings. The monoisotopic (exact) mass is 260 g/mol. The maximum Gasteiger partial charge on any atom is 0.299 e. The number of nitro groups is 2. The highest BCUT2D eigenvalue weighted by Gasteiger charge is 2.21. The number of nitrogen functional groups attached to an aromatic ring is 1. The van der Waals surface area contributed by atoms with Gasteiger partial charge < -0.3 is 10.3 Å². The van der Waals surface area contributed by atoms with Gasteiger partial charge in [0, 0.05) is 17.4 Å². The Hall–Kier alpha value is -2.07. The van der Waals surface area contributed by atoms with Crippen molar-refractivity contribution in [1.29, 1.82) is 0 Å². The molecule has 0 aliphatic rings. The maximum absolute atomic E-state index is 10.6. The fourth-order valence-electron chi connectivity index (χ4n) is 1.18. The Kier molecular flexibility index (Phi) is 3.70. The number of rotatable bonds is 4. The van der Waals surface area contributed by atoms with Crippen LogP contribution in [0.1, 0.15) is 5.56 Å². The van der Waals surface area contributed by atoms with E-state index in [9.17, 15) is 29.0 Å². The topological polar surface area (TPSA) is 152 Å². The summed E-state index contributed by atoms with van der Waals surface area (Å²) in [7, 11) is 0. The summed E-state index contributed by atoms with van der Waals surface area (Å²) in [5.41, 5.74) is 3.55. The molecule has 0 spiro atoms. The second kappa shape index (κ2) is 4.84. The first-order valence-corrected chi connectivity index (χ1v) is 5.34. The van der Waals surface area contributed by atoms with Gasteiger partial charge in [0.05, 0.1) is 15.9 Å². The number of hydrogen-bond acceptors (Lipinski definition) is 7. The number of hydrogen-bond donors (Lipinski definition) is 1. The van der Waals surface area contributed by atoms with Crippen molar-refractivity contribution in [3.8, 4) is 0 Å². The molecule has 1 aromatic carbocycles. The number of nitrogens with zero attached hydrogens (tertiary/aromatic N) is 2. The Morgan fingerprint density at radius 2 is 1.82 bits per heavy atom. The normalized spacial score (nSPS) is 12.1. The van der Waals surface area contributed by atoms with E-state index in [1.807, 2.05) is 0 Å². The van der Waals surface area contributed by atoms with E-state index in [4.69, 9.17) is 5.73 Å². The maximum atomic E-state index is 10.6. The van der Waals surface area contributed by atoms with Crippen LogP contribution in [0.2, 0.25) is 0 Å². The molecule has 9 nitrogen and oxygen atoms in total. The zero-order valence-electron chi connectivity index (χ0n) is 8.19. The van der Waals surface area contributed by atoms with E-state index < -0.39 is 38.1 Å². The molecule has 0 aliphatic heterocycles. The van der Waals surface area contributed by atoms with Crippen molar-refractivity contribution in [2.75, 3.05) is 5.73 Å². The summed E-state index contributed by atoms with van der Waals surface area (Å²) in [5, 5.41) is 21.1. The Balaban J connectivity index is 3.42. The number of benzene rings is 1. The van der Waals surface area contributed by atoms with Crippen molar-refractivity contribution in [3.05, 3.63) is 37.9 Å². The highest BCUT2D eigenvalue weighted by Crippen LogP contribution is 2.31. The second-order valence-corrected chi connectivity index (χ2v) is 3.90. The molecular formula is C7H6N3O6S-. The van der Waals surface area contributed by atoms with Gasteiger partial charge in [0.2, 0.25) is 0 Å². The molecule has 1 atom stereocenters. The van der Waals surface area contributed by atoms with Crippen molar-refractivity contribution >= 4 is 28.1 Å². The number of anilines is 1. The Morgan fingerprint density at radius 3 is 2.24 bits per heavy atom. The zero-order valence-corrected chi connectivity index (χ0v) is 9.01. The van der Waals surface area contributed by atoms with E-state index in [-0.39, 0.29) is 11.3 Å². The lowest BCUT2D eigenvalue weighted by Gasteiger charge is -2.08. The number of non-ortho nitro benzene ring substituents is 1. The van der Waals surface area contributed by atoms with Crippen LogP contribution < -0.4 is 5.73 Å². The molecule has 2 N–H and O–H groups in total. The van der Waals surface area contributed by atoms with Crippen molar-refractivity contribution in [1.82, 2.24) is 0 Å². The molecule has 1 rings (SSSR count). The van der Waals surface area contributed by atoms with Gasteiger partial charge in [-0.25, -0.2) is 0 Å². The minimum atomic E-state index is -2.55. The SMILES string of the molecule is Nc1c(CS(=O)[O-])cc([N+](=O)[O-])cc1[N+](=O)[O-]. The van der Waals surface area contributed by atoms with Crippen LogP contribution in [0.3, 0.4) is 0 Å². The summed E-state index contributed by atoms with van der Waals surface area (Å²) < 4.78 is 21.0. The third kappa shape index (κ3) is 2.95. The average molecular weight is 260 g/mol. The van der Waals surface area contributed by atoms with Gasteiger partial charge >= 0.3 is 0 Å². The summed E-state index contributed by atoms with van der Waals surface area (Å²) in [6, 6.07) is 1.59. The van der Waals surface area contributed by atoms with E-state index in [0.717, 1.165) is 6.07 Å². The Bertz CT molecular complexity index is 517. The summed E-state index contributed by atoms with van der Waals surface area (Å²) in [5.74, 6) is -0.617. The molecule has 0 radical (unpaired) electrons. The van der Waals surface area contributed by atoms with E-state index in [0.29, 0.717) is 6.07 Å². The molecule has 1 aromatic rings. The molecule has 92 valence electrons. The molecule has 0 saturated carbocycles. The second-order valence-electron chi connectivity index (χ2n) is 3.00. The molecule has 1 unspecified atom stereocenters. The van der Waals surface area contributed by atoms with Gasteiger partial charge in [-0.15, -0.1) is 0 Å². The minimum absolute atomic E-state index is 0.167. The highest BCUT2D eigenvalue weighted by molar-refractivity contribution is 7.78. The van der Waals surface area contributed by atoms with Crippen LogP contribution in [0.15, 0.2) is 12.1 Å². The first kappa shape index (κ1) is 13.0. The Labute approximate surface area is 96.8 Å². The van der Waals surface area contributed by atoms with Gasteiger partial charge in [-0.05, 0) is 0 Å². The van der Waals surface area contributed by atoms with Crippen molar-refractivity contribution in [2.45, 2.75) is 5.75 Å². The standard InChI is InChI=1S/C7H7N3O6S/c8-7-4(3-17(15)16)1-5(9(11)12)2-6(7)10(13)14/h1-2H,3,8H2,(H,15,16)/p-1. The fraction of sp³-hybridized carbons (Fsp3) is 0.143. The average Bonchev–Trinajstić information content (AvgIpc) is 2.19. The lowest BCUT2D eigenvalue weighted by atomic mass is 10.1. The van der Waals surface area contributed by atoms with Gasteiger partial charge in [0.1, 0.15) is 5.69 Å². The summed E-state index contributed by atoms with van der Waals surface area (Å²) in [6.45, 7) is 0. The third-order valence-electron chi connectivity index (χ3n) is 1.91. The molecule has 10 heteroatoms. The first-order chi connectivity index (χ1) is 7.82. The van der Waals surface area contributed by atoms with Gasteiger partial charge in [-0.2, -0.15) is 0 Å². The number of nitro benzene ring substituents is 2. The fourth-order valence-corrected chi connectivity index (χ4v) is 1.68. The van der Waals surface area contributed by atoms with Gasteiger partial charge in [0.25, 0.3) is 11.4 Å². The molecule has 0 saturated heterocycles. The van der Waals surface area contributed by atoms with Crippen LogP contribution in [-0.4, -0.2) is 18.6 Å². The van der Waals surface area contributed by atoms with Crippen molar-refractivity contribution in [3.63, 3.8) is 0 Å². The highest BCUT2D eigenvalue weighted by atomic mass is 32.2. The quantitative estimate of drug-likeness (QED) is 0.357. The summed E-state index contributed by atoms with van der Waals surface area (Å²) in [6.07, 6.45) is 0. The Morgan fingerprint density at radius 1 is 1.24 bits per heavy atom. The van der Waals surface area contributed by atoms with E-state index >= 15 is 0 Å². The van der Waals surface area contributed by atoms with Gasteiger partial charge in [-0.3, -0.25) is 24.4 Å². The van der Waals surface area contributed by atoms with Crippen molar-refractivity contribution in [2.24, 2.45) is 0 Å². The lowest BCUT2D eigenvalue weighted by Crippen LogP contribution is -2.04. The number of nitrogens with two attached hydrogens (primary N) is 1. The minimum Gasteiger partial charge on any atom is -0.772 e. The molecule has 0 amide bonds. The lowest BCUT2D eigenvalue weighted by molar-refractivity contribution is -0.393. The van der Waals surface area contributed by atoms with Crippen molar-refractivity contribution < 1.29 is 18.6 Å². The van der Waals surface area contributed by atoms with Crippen LogP contribution in [0.5, 0.6) is 0 Å². The molecular weight excluding hydrogens is 254 g/mol. The van der Waals surface area contributed by atoms with Crippen LogP contribution in [-0.2, 0) is 16.8 Å². The van der Waals surface area contributed by atoms with Gasteiger partial charge in [0.15, 0.2) is 0 Å². The first-order valence-electron chi connectivity index (χ1n) is 4.10. The van der Waals surface area contributed by atoms with E-state index in [2.05, 4.69) is 0 Å². The molecule has 0 aromatic heterocycles. The van der Waals surface area contributed by atoms with Gasteiger partial charge in [-0.1, -0.05) is 11.1 Å². The molecule has 0 aliphatic carbocycles. The predicted molar refractivity (Wildman–Crippen MR) is 56.8 cm³/mol. The molecule has 0 heterocycles. The summed E-state index contributed by atoms with van der Waals surface area (Å²) in [4.78, 5) is 19.3. The van der Waals surface area contributed by atoms with E-state index in [1.54, 1.807) is 0 Å². The van der Waals surface area contributed by atoms with Crippen LogP contribution >= 0.6 is 0 Å². The van der Waals surface area contributed by atoms with Crippen LogP contribution in [0.25, 0.3) is 0 Å². The largest absolute Gasteiger partial charge is 0.772 e. The van der Waals surface area contributed by atoms with E-state index in [1.165, 1.54) is 0 Å². The summed E-state index contributed by atoms with van der Waals surface area (Å²) >= 11 is -2.55. The molecule has 0 bridgehead atoms. The smallest absolute Gasteiger partial charge is 0.299 e. The van der Waals surface area contributed by atoms with Crippen LogP contribution in [0, 0.1) is 20.2 Å². The zero-order chi connectivity index (χ0) is 13.2. The van der Waals surface area contributed by atoms with Crippen LogP contribution in [0.4, 0.5) is 17.1 Å². The predicted octanol–water partition coefficient (Wildman–Crippen LogP) is 0.464.